The molecule has 4 rings (SSSR count). The number of nitrogens with zero attached hydrogens (tertiary/aromatic N) is 2. The Morgan fingerprint density at radius 3 is 2.90 bits per heavy atom. The summed E-state index contributed by atoms with van der Waals surface area (Å²) >= 11 is 1.74. The molecule has 0 N–H and O–H groups in total. The van der Waals surface area contributed by atoms with Gasteiger partial charge in [-0.05, 0) is 43.6 Å². The minimum absolute atomic E-state index is 0.217. The summed E-state index contributed by atoms with van der Waals surface area (Å²) in [6, 6.07) is 0.387. The fourth-order valence-corrected chi connectivity index (χ4v) is 5.13. The highest BCUT2D eigenvalue weighted by Crippen LogP contribution is 2.36. The molecule has 2 aliphatic carbocycles. The van der Waals surface area contributed by atoms with Crippen LogP contribution in [-0.2, 0) is 12.8 Å². The van der Waals surface area contributed by atoms with E-state index in [-0.39, 0.29) is 5.56 Å². The van der Waals surface area contributed by atoms with E-state index in [1.54, 1.807) is 17.7 Å². The van der Waals surface area contributed by atoms with E-state index in [1.165, 1.54) is 29.7 Å². The predicted molar refractivity (Wildman–Crippen MR) is 82.6 cm³/mol. The lowest BCUT2D eigenvalue weighted by Gasteiger charge is -2.18. The van der Waals surface area contributed by atoms with Gasteiger partial charge in [0.15, 0.2) is 0 Å². The molecule has 1 atom stereocenters. The first kappa shape index (κ1) is 12.6. The van der Waals surface area contributed by atoms with E-state index in [0.717, 1.165) is 41.8 Å². The lowest BCUT2D eigenvalue weighted by atomic mass is 9.89. The molecular weight excluding hydrogens is 268 g/mol. The van der Waals surface area contributed by atoms with Crippen LogP contribution in [0.25, 0.3) is 10.2 Å². The Labute approximate surface area is 122 Å². The van der Waals surface area contributed by atoms with Crippen molar-refractivity contribution in [1.29, 1.82) is 0 Å². The molecule has 2 heterocycles. The molecule has 0 radical (unpaired) electrons. The summed E-state index contributed by atoms with van der Waals surface area (Å²) < 4.78 is 1.92. The van der Waals surface area contributed by atoms with Crippen LogP contribution in [0.4, 0.5) is 0 Å². The van der Waals surface area contributed by atoms with E-state index < -0.39 is 0 Å². The minimum Gasteiger partial charge on any atom is -0.296 e. The molecule has 20 heavy (non-hydrogen) atoms. The van der Waals surface area contributed by atoms with Gasteiger partial charge < -0.3 is 0 Å². The van der Waals surface area contributed by atoms with Gasteiger partial charge in [-0.15, -0.1) is 11.3 Å². The Balaban J connectivity index is 1.90. The molecule has 4 heteroatoms. The van der Waals surface area contributed by atoms with Crippen molar-refractivity contribution in [3.8, 4) is 0 Å². The molecule has 1 saturated carbocycles. The van der Waals surface area contributed by atoms with E-state index in [2.05, 4.69) is 11.9 Å². The summed E-state index contributed by atoms with van der Waals surface area (Å²) in [7, 11) is 0. The van der Waals surface area contributed by atoms with Crippen molar-refractivity contribution in [3.05, 3.63) is 27.1 Å². The monoisotopic (exact) mass is 288 g/mol. The molecule has 0 bridgehead atoms. The van der Waals surface area contributed by atoms with Crippen LogP contribution in [0.5, 0.6) is 0 Å². The number of aromatic nitrogens is 2. The third-order valence-corrected chi connectivity index (χ3v) is 6.12. The maximum atomic E-state index is 12.9. The molecule has 2 aromatic heterocycles. The molecule has 0 saturated heterocycles. The van der Waals surface area contributed by atoms with Gasteiger partial charge in [-0.3, -0.25) is 9.36 Å². The van der Waals surface area contributed by atoms with Gasteiger partial charge >= 0.3 is 0 Å². The van der Waals surface area contributed by atoms with Gasteiger partial charge in [-0.2, -0.15) is 0 Å². The Morgan fingerprint density at radius 2 is 2.10 bits per heavy atom. The molecule has 0 unspecified atom stereocenters. The van der Waals surface area contributed by atoms with Crippen LogP contribution in [0.15, 0.2) is 11.1 Å². The van der Waals surface area contributed by atoms with Crippen molar-refractivity contribution in [2.45, 2.75) is 57.9 Å². The Bertz CT molecular complexity index is 709. The van der Waals surface area contributed by atoms with Crippen LogP contribution >= 0.6 is 11.3 Å². The molecule has 2 aliphatic rings. The first-order valence-corrected chi connectivity index (χ1v) is 8.57. The molecule has 0 aromatic carbocycles. The predicted octanol–water partition coefficient (Wildman–Crippen LogP) is 3.70. The van der Waals surface area contributed by atoms with Crippen LogP contribution in [-0.4, -0.2) is 9.55 Å². The van der Waals surface area contributed by atoms with E-state index in [0.29, 0.717) is 6.04 Å². The highest BCUT2D eigenvalue weighted by Gasteiger charge is 2.25. The minimum atomic E-state index is 0.217. The zero-order valence-electron chi connectivity index (χ0n) is 11.9. The number of fused-ring (bicyclic) bond motifs is 3. The number of aryl methyl sites for hydroxylation is 1. The van der Waals surface area contributed by atoms with Crippen LogP contribution in [0.2, 0.25) is 0 Å². The molecule has 2 aromatic rings. The number of hydrogen-bond donors (Lipinski definition) is 0. The molecule has 1 fully saturated rings. The first-order valence-electron chi connectivity index (χ1n) is 7.75. The number of rotatable bonds is 1. The fourth-order valence-electron chi connectivity index (χ4n) is 3.79. The second kappa shape index (κ2) is 4.69. The Kier molecular flexibility index (Phi) is 2.95. The van der Waals surface area contributed by atoms with Crippen molar-refractivity contribution in [1.82, 2.24) is 9.55 Å². The molecule has 106 valence electrons. The van der Waals surface area contributed by atoms with Gasteiger partial charge in [-0.25, -0.2) is 4.98 Å². The van der Waals surface area contributed by atoms with E-state index >= 15 is 0 Å². The zero-order chi connectivity index (χ0) is 13.7. The van der Waals surface area contributed by atoms with Crippen molar-refractivity contribution < 1.29 is 0 Å². The lowest BCUT2D eigenvalue weighted by Crippen LogP contribution is -2.24. The second-order valence-electron chi connectivity index (χ2n) is 6.43. The van der Waals surface area contributed by atoms with Crippen molar-refractivity contribution in [3.63, 3.8) is 0 Å². The third-order valence-electron chi connectivity index (χ3n) is 4.96. The fraction of sp³-hybridized carbons (Fsp3) is 0.625. The largest absolute Gasteiger partial charge is 0.296 e. The Morgan fingerprint density at radius 1 is 1.30 bits per heavy atom. The maximum absolute atomic E-state index is 12.9. The van der Waals surface area contributed by atoms with Gasteiger partial charge in [0.1, 0.15) is 4.83 Å². The van der Waals surface area contributed by atoms with Crippen LogP contribution in [0.1, 0.15) is 55.5 Å². The molecule has 0 amide bonds. The normalized spacial score (nSPS) is 23.4. The summed E-state index contributed by atoms with van der Waals surface area (Å²) in [6.07, 6.45) is 9.94. The van der Waals surface area contributed by atoms with E-state index in [1.807, 2.05) is 4.57 Å². The van der Waals surface area contributed by atoms with Crippen LogP contribution in [0.3, 0.4) is 0 Å². The van der Waals surface area contributed by atoms with Crippen molar-refractivity contribution in [2.75, 3.05) is 0 Å². The quantitative estimate of drug-likeness (QED) is 0.802. The summed E-state index contributed by atoms with van der Waals surface area (Å²) in [4.78, 5) is 19.8. The summed E-state index contributed by atoms with van der Waals surface area (Å²) in [5.41, 5.74) is 1.53. The van der Waals surface area contributed by atoms with Crippen molar-refractivity contribution >= 4 is 21.6 Å². The SMILES string of the molecule is C[C@H]1CCc2c(sc3ncn(C4CCCC4)c(=O)c23)C1. The standard InChI is InChI=1S/C16H20N2OS/c1-10-6-7-12-13(8-10)20-15-14(12)16(19)18(9-17-15)11-4-2-3-5-11/h9-11H,2-8H2,1H3/t10-/m0/s1. The van der Waals surface area contributed by atoms with Gasteiger partial charge in [0.2, 0.25) is 0 Å². The molecular formula is C16H20N2OS. The maximum Gasteiger partial charge on any atom is 0.262 e. The number of hydrogen-bond acceptors (Lipinski definition) is 3. The van der Waals surface area contributed by atoms with Gasteiger partial charge in [-0.1, -0.05) is 19.8 Å². The van der Waals surface area contributed by atoms with Crippen LogP contribution < -0.4 is 5.56 Å². The average molecular weight is 288 g/mol. The topological polar surface area (TPSA) is 34.9 Å². The van der Waals surface area contributed by atoms with Gasteiger partial charge in [0, 0.05) is 10.9 Å². The Hall–Kier alpha value is -1.16. The summed E-state index contributed by atoms with van der Waals surface area (Å²) in [5, 5.41) is 0.936. The highest BCUT2D eigenvalue weighted by molar-refractivity contribution is 7.18. The first-order chi connectivity index (χ1) is 9.74. The average Bonchev–Trinajstić information content (AvgIpc) is 3.05. The van der Waals surface area contributed by atoms with Crippen LogP contribution in [0, 0.1) is 5.92 Å². The zero-order valence-corrected chi connectivity index (χ0v) is 12.7. The second-order valence-corrected chi connectivity index (χ2v) is 7.51. The van der Waals surface area contributed by atoms with Gasteiger partial charge in [0.05, 0.1) is 11.7 Å². The lowest BCUT2D eigenvalue weighted by molar-refractivity contribution is 0.496. The smallest absolute Gasteiger partial charge is 0.262 e. The molecule has 0 spiro atoms. The van der Waals surface area contributed by atoms with E-state index in [9.17, 15) is 4.79 Å². The van der Waals surface area contributed by atoms with Crippen molar-refractivity contribution in [2.24, 2.45) is 5.92 Å². The summed E-state index contributed by atoms with van der Waals surface area (Å²) in [6.45, 7) is 2.30. The molecule has 0 aliphatic heterocycles. The highest BCUT2D eigenvalue weighted by atomic mass is 32.1. The van der Waals surface area contributed by atoms with E-state index in [4.69, 9.17) is 0 Å². The summed E-state index contributed by atoms with van der Waals surface area (Å²) in [5.74, 6) is 0.743. The third kappa shape index (κ3) is 1.85. The van der Waals surface area contributed by atoms with Gasteiger partial charge in [0.25, 0.3) is 5.56 Å². The number of thiophene rings is 1. The molecule has 3 nitrogen and oxygen atoms in total.